The predicted molar refractivity (Wildman–Crippen MR) is 118 cm³/mol. The van der Waals surface area contributed by atoms with Crippen LogP contribution in [0.3, 0.4) is 0 Å². The zero-order valence-electron chi connectivity index (χ0n) is 18.0. The molecule has 1 aromatic heterocycles. The maximum atomic E-state index is 12.9. The van der Waals surface area contributed by atoms with Crippen LogP contribution < -0.4 is 14.8 Å². The smallest absolute Gasteiger partial charge is 0.268 e. The van der Waals surface area contributed by atoms with Gasteiger partial charge in [-0.1, -0.05) is 18.0 Å². The summed E-state index contributed by atoms with van der Waals surface area (Å²) in [5.41, 5.74) is 0.994. The number of rotatable bonds is 8. The molecule has 2 aromatic rings. The fourth-order valence-electron chi connectivity index (χ4n) is 3.59. The van der Waals surface area contributed by atoms with E-state index < -0.39 is 10.0 Å². The normalized spacial score (nSPS) is 15.0. The molecule has 31 heavy (non-hydrogen) atoms. The number of carbonyl (C=O) groups is 1. The van der Waals surface area contributed by atoms with Crippen molar-refractivity contribution < 1.29 is 22.7 Å². The molecule has 1 aromatic carbocycles. The lowest BCUT2D eigenvalue weighted by molar-refractivity contribution is 0.0942. The van der Waals surface area contributed by atoms with E-state index in [4.69, 9.17) is 21.1 Å². The first-order valence-corrected chi connectivity index (χ1v) is 12.0. The van der Waals surface area contributed by atoms with Crippen molar-refractivity contribution in [3.63, 3.8) is 0 Å². The Morgan fingerprint density at radius 2 is 1.90 bits per heavy atom. The minimum atomic E-state index is -3.60. The molecule has 1 saturated heterocycles. The number of aryl methyl sites for hydroxylation is 1. The summed E-state index contributed by atoms with van der Waals surface area (Å²) in [4.78, 5) is 12.9. The lowest BCUT2D eigenvalue weighted by atomic mass is 10.2. The average molecular weight is 470 g/mol. The van der Waals surface area contributed by atoms with Crippen LogP contribution in [0.15, 0.2) is 29.3 Å². The van der Waals surface area contributed by atoms with E-state index in [-0.39, 0.29) is 23.0 Å². The molecule has 10 heteroatoms. The molecule has 0 unspecified atom stereocenters. The molecule has 1 fully saturated rings. The molecule has 0 spiro atoms. The molecule has 8 nitrogen and oxygen atoms in total. The highest BCUT2D eigenvalue weighted by Gasteiger charge is 2.28. The maximum absolute atomic E-state index is 12.9. The van der Waals surface area contributed by atoms with Gasteiger partial charge in [-0.15, -0.1) is 0 Å². The monoisotopic (exact) mass is 469 g/mol. The summed E-state index contributed by atoms with van der Waals surface area (Å²) < 4.78 is 39.6. The number of nitrogens with one attached hydrogen (secondary N) is 1. The molecule has 0 bridgehead atoms. The third-order valence-corrected chi connectivity index (χ3v) is 7.34. The quantitative estimate of drug-likeness (QED) is 0.641. The van der Waals surface area contributed by atoms with Gasteiger partial charge in [0.25, 0.3) is 5.91 Å². The molecular formula is C21H28ClN3O5S. The number of carbonyl (C=O) groups excluding carboxylic acids is 1. The van der Waals surface area contributed by atoms with Gasteiger partial charge in [0.05, 0.1) is 18.7 Å². The topological polar surface area (TPSA) is 89.9 Å². The lowest BCUT2D eigenvalue weighted by Gasteiger charge is -2.25. The zero-order valence-corrected chi connectivity index (χ0v) is 19.6. The van der Waals surface area contributed by atoms with Gasteiger partial charge >= 0.3 is 0 Å². The first-order chi connectivity index (χ1) is 14.8. The first kappa shape index (κ1) is 23.4. The van der Waals surface area contributed by atoms with Crippen LogP contribution in [0.1, 0.15) is 42.2 Å². The fourth-order valence-corrected chi connectivity index (χ4v) is 5.46. The molecule has 2 heterocycles. The second-order valence-electron chi connectivity index (χ2n) is 7.36. The van der Waals surface area contributed by atoms with Crippen molar-refractivity contribution in [2.24, 2.45) is 7.05 Å². The van der Waals surface area contributed by atoms with Gasteiger partial charge in [0, 0.05) is 32.9 Å². The number of methoxy groups -OCH3 is 1. The van der Waals surface area contributed by atoms with Gasteiger partial charge < -0.3 is 19.4 Å². The molecular weight excluding hydrogens is 442 g/mol. The highest BCUT2D eigenvalue weighted by molar-refractivity contribution is 7.89. The van der Waals surface area contributed by atoms with E-state index in [1.54, 1.807) is 19.2 Å². The van der Waals surface area contributed by atoms with Crippen molar-refractivity contribution >= 4 is 27.5 Å². The van der Waals surface area contributed by atoms with Crippen molar-refractivity contribution in [3.05, 3.63) is 40.7 Å². The Morgan fingerprint density at radius 1 is 1.19 bits per heavy atom. The Bertz CT molecular complexity index is 1050. The number of piperidine rings is 1. The van der Waals surface area contributed by atoms with Crippen molar-refractivity contribution in [2.45, 2.75) is 37.6 Å². The second kappa shape index (κ2) is 9.93. The van der Waals surface area contributed by atoms with E-state index in [0.29, 0.717) is 36.2 Å². The second-order valence-corrected chi connectivity index (χ2v) is 9.71. The van der Waals surface area contributed by atoms with Gasteiger partial charge in [0.2, 0.25) is 10.0 Å². The van der Waals surface area contributed by atoms with Crippen molar-refractivity contribution in [3.8, 4) is 11.5 Å². The molecule has 1 aliphatic heterocycles. The summed E-state index contributed by atoms with van der Waals surface area (Å²) in [7, 11) is -0.432. The lowest BCUT2D eigenvalue weighted by Crippen LogP contribution is -2.35. The summed E-state index contributed by atoms with van der Waals surface area (Å²) in [6, 6.07) is 4.87. The van der Waals surface area contributed by atoms with E-state index in [0.717, 1.165) is 24.8 Å². The van der Waals surface area contributed by atoms with Crippen molar-refractivity contribution in [2.75, 3.05) is 26.8 Å². The molecule has 3 rings (SSSR count). The summed E-state index contributed by atoms with van der Waals surface area (Å²) >= 11 is 6.28. The molecule has 0 radical (unpaired) electrons. The largest absolute Gasteiger partial charge is 0.493 e. The van der Waals surface area contributed by atoms with Crippen LogP contribution in [-0.2, 0) is 23.6 Å². The standard InChI is InChI=1S/C21H28ClN3O5S/c1-4-30-20-17(22)10-15(11-19(20)29-3)13-23-21(26)18-12-16(14-24(18)2)31(27,28)25-8-6-5-7-9-25/h10-12,14H,4-9,13H2,1-3H3,(H,23,26). The van der Waals surface area contributed by atoms with Crippen LogP contribution in [0.2, 0.25) is 5.02 Å². The van der Waals surface area contributed by atoms with E-state index in [1.165, 1.54) is 28.2 Å². The number of hydrogen-bond acceptors (Lipinski definition) is 5. The number of ether oxygens (including phenoxy) is 2. The van der Waals surface area contributed by atoms with Crippen LogP contribution in [0, 0.1) is 0 Å². The van der Waals surface area contributed by atoms with E-state index in [1.807, 2.05) is 6.92 Å². The van der Waals surface area contributed by atoms with Crippen LogP contribution in [0.25, 0.3) is 0 Å². The van der Waals surface area contributed by atoms with Crippen LogP contribution in [0.4, 0.5) is 0 Å². The fraction of sp³-hybridized carbons (Fsp3) is 0.476. The molecule has 1 N–H and O–H groups in total. The van der Waals surface area contributed by atoms with Gasteiger partial charge in [-0.2, -0.15) is 4.31 Å². The molecule has 0 aliphatic carbocycles. The Labute approximate surface area is 188 Å². The van der Waals surface area contributed by atoms with Gasteiger partial charge in [-0.3, -0.25) is 4.79 Å². The number of benzene rings is 1. The molecule has 0 saturated carbocycles. The number of sulfonamides is 1. The summed E-state index contributed by atoms with van der Waals surface area (Å²) in [6.45, 7) is 3.52. The Morgan fingerprint density at radius 3 is 2.55 bits per heavy atom. The number of hydrogen-bond donors (Lipinski definition) is 1. The maximum Gasteiger partial charge on any atom is 0.268 e. The molecule has 0 atom stereocenters. The van der Waals surface area contributed by atoms with Crippen molar-refractivity contribution in [1.29, 1.82) is 0 Å². The first-order valence-electron chi connectivity index (χ1n) is 10.2. The third kappa shape index (κ3) is 5.16. The van der Waals surface area contributed by atoms with Gasteiger partial charge in [-0.05, 0) is 43.5 Å². The van der Waals surface area contributed by atoms with E-state index >= 15 is 0 Å². The third-order valence-electron chi connectivity index (χ3n) is 5.20. The number of aromatic nitrogens is 1. The van der Waals surface area contributed by atoms with Gasteiger partial charge in [0.15, 0.2) is 11.5 Å². The predicted octanol–water partition coefficient (Wildman–Crippen LogP) is 3.19. The molecule has 1 aliphatic rings. The SMILES string of the molecule is CCOc1c(Cl)cc(CNC(=O)c2cc(S(=O)(=O)N3CCCCC3)cn2C)cc1OC. The minimum absolute atomic E-state index is 0.132. The average Bonchev–Trinajstić information content (AvgIpc) is 3.16. The summed E-state index contributed by atoms with van der Waals surface area (Å²) in [5.74, 6) is 0.552. The highest BCUT2D eigenvalue weighted by Crippen LogP contribution is 2.36. The Kier molecular flexibility index (Phi) is 7.51. The Balaban J connectivity index is 1.74. The number of nitrogens with zero attached hydrogens (tertiary/aromatic N) is 2. The van der Waals surface area contributed by atoms with Gasteiger partial charge in [-0.25, -0.2) is 8.42 Å². The van der Waals surface area contributed by atoms with Crippen LogP contribution >= 0.6 is 11.6 Å². The Hall–Kier alpha value is -2.23. The van der Waals surface area contributed by atoms with Crippen LogP contribution in [-0.4, -0.2) is 50.0 Å². The van der Waals surface area contributed by atoms with Gasteiger partial charge in [0.1, 0.15) is 10.6 Å². The highest BCUT2D eigenvalue weighted by atomic mass is 35.5. The number of halogens is 1. The summed E-state index contributed by atoms with van der Waals surface area (Å²) in [6.07, 6.45) is 4.23. The summed E-state index contributed by atoms with van der Waals surface area (Å²) in [5, 5.41) is 3.20. The zero-order chi connectivity index (χ0) is 22.6. The molecule has 1 amide bonds. The van der Waals surface area contributed by atoms with E-state index in [9.17, 15) is 13.2 Å². The minimum Gasteiger partial charge on any atom is -0.493 e. The number of amides is 1. The van der Waals surface area contributed by atoms with Crippen molar-refractivity contribution in [1.82, 2.24) is 14.2 Å². The molecule has 170 valence electrons. The van der Waals surface area contributed by atoms with Crippen LogP contribution in [0.5, 0.6) is 11.5 Å². The van der Waals surface area contributed by atoms with E-state index in [2.05, 4.69) is 5.32 Å².